The molecule has 0 aromatic carbocycles. The predicted molar refractivity (Wildman–Crippen MR) is 63.6 cm³/mol. The van der Waals surface area contributed by atoms with Gasteiger partial charge in [-0.1, -0.05) is 26.0 Å². The fourth-order valence-corrected chi connectivity index (χ4v) is 2.91. The van der Waals surface area contributed by atoms with Gasteiger partial charge < -0.3 is 4.90 Å². The van der Waals surface area contributed by atoms with E-state index in [4.69, 9.17) is 0 Å². The predicted octanol–water partition coefficient (Wildman–Crippen LogP) is 2.85. The lowest BCUT2D eigenvalue weighted by Gasteiger charge is -2.40. The van der Waals surface area contributed by atoms with Crippen LogP contribution >= 0.6 is 0 Å². The molecule has 1 rings (SSSR count). The van der Waals surface area contributed by atoms with Crippen molar-refractivity contribution < 1.29 is 4.79 Å². The summed E-state index contributed by atoms with van der Waals surface area (Å²) in [6.07, 6.45) is 3.90. The van der Waals surface area contributed by atoms with Crippen LogP contribution in [0.25, 0.3) is 0 Å². The summed E-state index contributed by atoms with van der Waals surface area (Å²) < 4.78 is 0. The van der Waals surface area contributed by atoms with Gasteiger partial charge in [-0.2, -0.15) is 0 Å². The van der Waals surface area contributed by atoms with Gasteiger partial charge in [-0.25, -0.2) is 0 Å². The first-order valence-corrected chi connectivity index (χ1v) is 5.79. The third-order valence-corrected chi connectivity index (χ3v) is 3.50. The van der Waals surface area contributed by atoms with E-state index in [1.54, 1.807) is 4.90 Å². The van der Waals surface area contributed by atoms with E-state index in [2.05, 4.69) is 20.4 Å². The van der Waals surface area contributed by atoms with Crippen molar-refractivity contribution in [3.63, 3.8) is 0 Å². The van der Waals surface area contributed by atoms with E-state index < -0.39 is 0 Å². The number of hydrogen-bond donors (Lipinski definition) is 0. The minimum absolute atomic E-state index is 0.168. The Labute approximate surface area is 93.3 Å². The van der Waals surface area contributed by atoms with E-state index in [-0.39, 0.29) is 11.3 Å². The number of amides is 1. The summed E-state index contributed by atoms with van der Waals surface area (Å²) in [6, 6.07) is 0. The summed E-state index contributed by atoms with van der Waals surface area (Å²) in [5.74, 6) is 0.868. The molecule has 0 N–H and O–H groups in total. The SMILES string of the molecule is C=C1CC(C)CC(CC)(C(=O)N(C)C)C1. The van der Waals surface area contributed by atoms with Gasteiger partial charge in [-0.15, -0.1) is 0 Å². The molecule has 0 radical (unpaired) electrons. The fourth-order valence-electron chi connectivity index (χ4n) is 2.91. The normalized spacial score (nSPS) is 31.5. The van der Waals surface area contributed by atoms with Gasteiger partial charge in [0.15, 0.2) is 0 Å². The van der Waals surface area contributed by atoms with Crippen LogP contribution in [0.3, 0.4) is 0 Å². The van der Waals surface area contributed by atoms with Crippen molar-refractivity contribution >= 4 is 5.91 Å². The fraction of sp³-hybridized carbons (Fsp3) is 0.769. The van der Waals surface area contributed by atoms with Gasteiger partial charge in [-0.05, 0) is 31.6 Å². The van der Waals surface area contributed by atoms with Gasteiger partial charge >= 0.3 is 0 Å². The lowest BCUT2D eigenvalue weighted by atomic mass is 9.66. The quantitative estimate of drug-likeness (QED) is 0.640. The van der Waals surface area contributed by atoms with Crippen LogP contribution in [0.2, 0.25) is 0 Å². The lowest BCUT2D eigenvalue weighted by molar-refractivity contribution is -0.141. The second kappa shape index (κ2) is 4.38. The summed E-state index contributed by atoms with van der Waals surface area (Å²) in [4.78, 5) is 14.0. The summed E-state index contributed by atoms with van der Waals surface area (Å²) in [6.45, 7) is 8.42. The Hall–Kier alpha value is -0.790. The topological polar surface area (TPSA) is 20.3 Å². The van der Waals surface area contributed by atoms with Crippen LogP contribution < -0.4 is 0 Å². The Balaban J connectivity index is 2.92. The summed E-state index contributed by atoms with van der Waals surface area (Å²) in [5, 5.41) is 0. The van der Waals surface area contributed by atoms with Gasteiger partial charge in [0, 0.05) is 14.1 Å². The first-order valence-electron chi connectivity index (χ1n) is 5.79. The van der Waals surface area contributed by atoms with Crippen molar-refractivity contribution in [1.82, 2.24) is 4.90 Å². The third kappa shape index (κ3) is 2.42. The molecule has 2 atom stereocenters. The van der Waals surface area contributed by atoms with E-state index in [0.717, 1.165) is 25.7 Å². The second-order valence-electron chi connectivity index (χ2n) is 5.27. The van der Waals surface area contributed by atoms with Crippen molar-refractivity contribution in [2.24, 2.45) is 11.3 Å². The van der Waals surface area contributed by atoms with E-state index >= 15 is 0 Å². The molecule has 1 saturated carbocycles. The minimum Gasteiger partial charge on any atom is -0.348 e. The molecular weight excluding hydrogens is 186 g/mol. The van der Waals surface area contributed by atoms with E-state index in [1.807, 2.05) is 14.1 Å². The molecule has 1 aliphatic carbocycles. The number of nitrogens with zero attached hydrogens (tertiary/aromatic N) is 1. The first kappa shape index (κ1) is 12.3. The smallest absolute Gasteiger partial charge is 0.228 e. The van der Waals surface area contributed by atoms with E-state index in [0.29, 0.717) is 5.92 Å². The largest absolute Gasteiger partial charge is 0.348 e. The van der Waals surface area contributed by atoms with Gasteiger partial charge in [0.1, 0.15) is 0 Å². The molecule has 0 spiro atoms. The molecule has 1 aliphatic rings. The maximum Gasteiger partial charge on any atom is 0.228 e. The third-order valence-electron chi connectivity index (χ3n) is 3.50. The Kier molecular flexibility index (Phi) is 3.58. The zero-order valence-corrected chi connectivity index (χ0v) is 10.5. The van der Waals surface area contributed by atoms with Crippen molar-refractivity contribution in [2.45, 2.75) is 39.5 Å². The summed E-state index contributed by atoms with van der Waals surface area (Å²) >= 11 is 0. The van der Waals surface area contributed by atoms with Crippen LogP contribution in [0, 0.1) is 11.3 Å². The number of hydrogen-bond acceptors (Lipinski definition) is 1. The Morgan fingerprint density at radius 1 is 1.60 bits per heavy atom. The highest BCUT2D eigenvalue weighted by molar-refractivity contribution is 5.82. The Bertz CT molecular complexity index is 270. The van der Waals surface area contributed by atoms with Crippen LogP contribution in [0.4, 0.5) is 0 Å². The molecular formula is C13H23NO. The maximum atomic E-state index is 12.2. The summed E-state index contributed by atoms with van der Waals surface area (Å²) in [5.41, 5.74) is 1.07. The second-order valence-corrected chi connectivity index (χ2v) is 5.27. The molecule has 0 aliphatic heterocycles. The Morgan fingerprint density at radius 3 is 2.60 bits per heavy atom. The zero-order chi connectivity index (χ0) is 11.6. The number of allylic oxidation sites excluding steroid dienone is 1. The molecule has 2 unspecified atom stereocenters. The van der Waals surface area contributed by atoms with Crippen molar-refractivity contribution in [3.05, 3.63) is 12.2 Å². The van der Waals surface area contributed by atoms with Crippen LogP contribution in [0.1, 0.15) is 39.5 Å². The minimum atomic E-state index is -0.168. The van der Waals surface area contributed by atoms with Crippen molar-refractivity contribution in [3.8, 4) is 0 Å². The van der Waals surface area contributed by atoms with Crippen LogP contribution in [-0.2, 0) is 4.79 Å². The van der Waals surface area contributed by atoms with Gasteiger partial charge in [0.05, 0.1) is 5.41 Å². The average Bonchev–Trinajstić information content (AvgIpc) is 2.14. The molecule has 0 saturated heterocycles. The number of rotatable bonds is 2. The first-order chi connectivity index (χ1) is 6.91. The molecule has 2 nitrogen and oxygen atoms in total. The van der Waals surface area contributed by atoms with Crippen LogP contribution in [0.5, 0.6) is 0 Å². The van der Waals surface area contributed by atoms with E-state index in [1.165, 1.54) is 5.57 Å². The standard InChI is InChI=1S/C13H23NO/c1-6-13(12(15)14(4)5)8-10(2)7-11(3)9-13/h11H,2,6-9H2,1,3-5H3. The van der Waals surface area contributed by atoms with E-state index in [9.17, 15) is 4.79 Å². The maximum absolute atomic E-state index is 12.2. The molecule has 1 amide bonds. The van der Waals surface area contributed by atoms with Crippen molar-refractivity contribution in [2.75, 3.05) is 14.1 Å². The highest BCUT2D eigenvalue weighted by Crippen LogP contribution is 2.44. The average molecular weight is 209 g/mol. The molecule has 2 heteroatoms. The summed E-state index contributed by atoms with van der Waals surface area (Å²) in [7, 11) is 3.70. The molecule has 0 aromatic heterocycles. The Morgan fingerprint density at radius 2 is 2.20 bits per heavy atom. The van der Waals surface area contributed by atoms with Crippen LogP contribution in [-0.4, -0.2) is 24.9 Å². The number of carbonyl (C=O) groups is 1. The highest BCUT2D eigenvalue weighted by Gasteiger charge is 2.42. The molecule has 0 bridgehead atoms. The molecule has 1 fully saturated rings. The van der Waals surface area contributed by atoms with Crippen molar-refractivity contribution in [1.29, 1.82) is 0 Å². The van der Waals surface area contributed by atoms with Gasteiger partial charge in [-0.3, -0.25) is 4.79 Å². The zero-order valence-electron chi connectivity index (χ0n) is 10.5. The molecule has 0 aromatic rings. The number of carbonyl (C=O) groups excluding carboxylic acids is 1. The van der Waals surface area contributed by atoms with Gasteiger partial charge in [0.25, 0.3) is 0 Å². The lowest BCUT2D eigenvalue weighted by Crippen LogP contribution is -2.43. The molecule has 15 heavy (non-hydrogen) atoms. The van der Waals surface area contributed by atoms with Gasteiger partial charge in [0.2, 0.25) is 5.91 Å². The highest BCUT2D eigenvalue weighted by atomic mass is 16.2. The molecule has 0 heterocycles. The monoisotopic (exact) mass is 209 g/mol. The molecule has 86 valence electrons. The van der Waals surface area contributed by atoms with Crippen LogP contribution in [0.15, 0.2) is 12.2 Å².